The summed E-state index contributed by atoms with van der Waals surface area (Å²) in [7, 11) is 0. The van der Waals surface area contributed by atoms with Crippen LogP contribution in [0.1, 0.15) is 11.1 Å². The molecule has 2 aliphatic rings. The maximum Gasteiger partial charge on any atom is 0.421 e. The third-order valence-electron chi connectivity index (χ3n) is 7.35. The van der Waals surface area contributed by atoms with Gasteiger partial charge in [0.15, 0.2) is 0 Å². The van der Waals surface area contributed by atoms with Gasteiger partial charge in [0.2, 0.25) is 0 Å². The maximum atomic E-state index is 9.42. The fraction of sp³-hybridized carbons (Fsp3) is 0.0312. The van der Waals surface area contributed by atoms with Crippen LogP contribution in [-0.2, 0) is 0 Å². The van der Waals surface area contributed by atoms with Crippen LogP contribution in [0.25, 0.3) is 22.3 Å². The van der Waals surface area contributed by atoms with Gasteiger partial charge in [0.1, 0.15) is 0 Å². The van der Waals surface area contributed by atoms with Crippen LogP contribution in [0.3, 0.4) is 0 Å². The first-order valence-electron chi connectivity index (χ1n) is 12.2. The number of rotatable bonds is 2. The van der Waals surface area contributed by atoms with E-state index in [4.69, 9.17) is 0 Å². The van der Waals surface area contributed by atoms with Crippen LogP contribution in [0.4, 0.5) is 22.7 Å². The molecule has 0 atom stereocenters. The summed E-state index contributed by atoms with van der Waals surface area (Å²) < 4.78 is 0. The van der Waals surface area contributed by atoms with Crippen LogP contribution >= 0.6 is 0 Å². The van der Waals surface area contributed by atoms with E-state index in [0.29, 0.717) is 5.56 Å². The van der Waals surface area contributed by atoms with Crippen LogP contribution < -0.4 is 15.1 Å². The summed E-state index contributed by atoms with van der Waals surface area (Å²) in [6, 6.07) is 43.0. The predicted octanol–water partition coefficient (Wildman–Crippen LogP) is 7.20. The molecule has 0 fully saturated rings. The van der Waals surface area contributed by atoms with Gasteiger partial charge in [-0.3, -0.25) is 0 Å². The Bertz CT molecular complexity index is 1650. The first-order valence-corrected chi connectivity index (χ1v) is 12.2. The molecule has 36 heavy (non-hydrogen) atoms. The third-order valence-corrected chi connectivity index (χ3v) is 7.35. The lowest BCUT2D eigenvalue weighted by Crippen LogP contribution is -2.61. The molecule has 0 unspecified atom stereocenters. The molecule has 0 N–H and O–H groups in total. The summed E-state index contributed by atoms with van der Waals surface area (Å²) >= 11 is 0. The second kappa shape index (κ2) is 7.90. The van der Waals surface area contributed by atoms with Gasteiger partial charge in [-0.15, -0.1) is 0 Å². The Morgan fingerprint density at radius 2 is 1.03 bits per heavy atom. The number of anilines is 4. The minimum absolute atomic E-state index is 0.0864. The first-order chi connectivity index (χ1) is 17.7. The fourth-order valence-electron chi connectivity index (χ4n) is 5.74. The average Bonchev–Trinajstić information content (AvgIpc) is 2.94. The lowest BCUT2D eigenvalue weighted by Gasteiger charge is -2.47. The Balaban J connectivity index is 1.58. The van der Waals surface area contributed by atoms with E-state index >= 15 is 0 Å². The number of fused-ring (bicyclic) bond motifs is 4. The number of aryl methyl sites for hydroxylation is 1. The Morgan fingerprint density at radius 3 is 1.56 bits per heavy atom. The summed E-state index contributed by atoms with van der Waals surface area (Å²) in [4.78, 5) is 4.90. The van der Waals surface area contributed by atoms with E-state index in [9.17, 15) is 5.26 Å². The summed E-state index contributed by atoms with van der Waals surface area (Å²) in [5, 5.41) is 9.42. The Kier molecular flexibility index (Phi) is 4.52. The van der Waals surface area contributed by atoms with E-state index in [-0.39, 0.29) is 6.98 Å². The highest BCUT2D eigenvalue weighted by Gasteiger charge is 2.46. The lowest BCUT2D eigenvalue weighted by atomic mass is 9.53. The maximum absolute atomic E-state index is 9.42. The van der Waals surface area contributed by atoms with Gasteiger partial charge in [-0.25, -0.2) is 0 Å². The molecule has 7 rings (SSSR count). The van der Waals surface area contributed by atoms with E-state index in [2.05, 4.69) is 126 Å². The van der Waals surface area contributed by atoms with Gasteiger partial charge in [0.05, 0.1) is 11.6 Å². The van der Waals surface area contributed by atoms with Crippen molar-refractivity contribution in [1.82, 2.24) is 0 Å². The zero-order valence-corrected chi connectivity index (χ0v) is 19.9. The van der Waals surface area contributed by atoms with Crippen molar-refractivity contribution < 1.29 is 0 Å². The van der Waals surface area contributed by atoms with Crippen LogP contribution in [0.2, 0.25) is 0 Å². The van der Waals surface area contributed by atoms with Crippen molar-refractivity contribution in [3.05, 3.63) is 126 Å². The largest absolute Gasteiger partial charge is 0.421 e. The Morgan fingerprint density at radius 1 is 0.556 bits per heavy atom. The van der Waals surface area contributed by atoms with Crippen molar-refractivity contribution in [2.24, 2.45) is 0 Å². The second-order valence-electron chi connectivity index (χ2n) is 9.41. The minimum atomic E-state index is -0.0864. The van der Waals surface area contributed by atoms with Crippen molar-refractivity contribution >= 4 is 35.2 Å². The molecule has 0 amide bonds. The van der Waals surface area contributed by atoms with E-state index in [1.54, 1.807) is 0 Å². The van der Waals surface area contributed by atoms with Crippen molar-refractivity contribution in [3.63, 3.8) is 0 Å². The number of hydrogen-bond donors (Lipinski definition) is 0. The highest BCUT2D eigenvalue weighted by atomic mass is 15.2. The van der Waals surface area contributed by atoms with Gasteiger partial charge in [-0.05, 0) is 72.0 Å². The standard InChI is InChI=1S/C32H22BN3/c1-22-13-17-24(18-14-22)35-30-11-4-2-7-26(30)28-9-6-10-29-27-8-3-5-12-31(27)36(33(35)32(28)29)25-19-15-23(21-34)16-20-25/h2-20H,1H3. The molecule has 0 spiro atoms. The summed E-state index contributed by atoms with van der Waals surface area (Å²) in [5.74, 6) is 0. The predicted molar refractivity (Wildman–Crippen MR) is 149 cm³/mol. The normalized spacial score (nSPS) is 12.9. The molecule has 4 heteroatoms. The molecule has 0 saturated carbocycles. The molecule has 2 heterocycles. The fourth-order valence-corrected chi connectivity index (χ4v) is 5.74. The second-order valence-corrected chi connectivity index (χ2v) is 9.41. The van der Waals surface area contributed by atoms with Gasteiger partial charge in [0, 0.05) is 33.9 Å². The molecule has 5 aromatic carbocycles. The van der Waals surface area contributed by atoms with Crippen LogP contribution in [-0.4, -0.2) is 6.98 Å². The van der Waals surface area contributed by atoms with Crippen molar-refractivity contribution in [1.29, 1.82) is 5.26 Å². The summed E-state index contributed by atoms with van der Waals surface area (Å²) in [5.41, 5.74) is 12.8. The van der Waals surface area contributed by atoms with E-state index in [1.807, 2.05) is 12.1 Å². The highest BCUT2D eigenvalue weighted by Crippen LogP contribution is 2.48. The Labute approximate surface area is 211 Å². The lowest BCUT2D eigenvalue weighted by molar-refractivity contribution is 1.26. The van der Waals surface area contributed by atoms with Gasteiger partial charge in [-0.1, -0.05) is 72.3 Å². The molecule has 0 bridgehead atoms. The van der Waals surface area contributed by atoms with Gasteiger partial charge >= 0.3 is 6.98 Å². The van der Waals surface area contributed by atoms with Crippen molar-refractivity contribution in [2.45, 2.75) is 6.92 Å². The number of nitriles is 1. The summed E-state index contributed by atoms with van der Waals surface area (Å²) in [6.45, 7) is 2.04. The van der Waals surface area contributed by atoms with Crippen LogP contribution in [0.5, 0.6) is 0 Å². The summed E-state index contributed by atoms with van der Waals surface area (Å²) in [6.07, 6.45) is 0. The molecule has 3 nitrogen and oxygen atoms in total. The number of benzene rings is 5. The number of nitrogens with zero attached hydrogens (tertiary/aromatic N) is 3. The molecule has 2 aliphatic heterocycles. The topological polar surface area (TPSA) is 30.3 Å². The highest BCUT2D eigenvalue weighted by molar-refractivity contribution is 6.86. The monoisotopic (exact) mass is 459 g/mol. The van der Waals surface area contributed by atoms with Crippen molar-refractivity contribution in [3.8, 4) is 28.3 Å². The van der Waals surface area contributed by atoms with Crippen LogP contribution in [0, 0.1) is 18.3 Å². The van der Waals surface area contributed by atoms with E-state index < -0.39 is 0 Å². The smallest absolute Gasteiger partial charge is 0.361 e. The first kappa shape index (κ1) is 20.6. The molecule has 0 saturated heterocycles. The average molecular weight is 459 g/mol. The van der Waals surface area contributed by atoms with Crippen LogP contribution in [0.15, 0.2) is 115 Å². The zero-order chi connectivity index (χ0) is 24.2. The molecular weight excluding hydrogens is 437 g/mol. The molecule has 0 aliphatic carbocycles. The van der Waals surface area contributed by atoms with E-state index in [0.717, 1.165) is 17.1 Å². The zero-order valence-electron chi connectivity index (χ0n) is 19.9. The third kappa shape index (κ3) is 2.93. The minimum Gasteiger partial charge on any atom is -0.361 e. The molecular formula is C32H22BN3. The van der Waals surface area contributed by atoms with Crippen molar-refractivity contribution in [2.75, 3.05) is 9.62 Å². The molecule has 0 aromatic heterocycles. The quantitative estimate of drug-likeness (QED) is 0.262. The Hall–Kier alpha value is -4.75. The van der Waals surface area contributed by atoms with Gasteiger partial charge < -0.3 is 9.62 Å². The molecule has 0 radical (unpaired) electrons. The van der Waals surface area contributed by atoms with Gasteiger partial charge in [-0.2, -0.15) is 5.26 Å². The molecule has 168 valence electrons. The molecule has 5 aromatic rings. The van der Waals surface area contributed by atoms with E-state index in [1.165, 1.54) is 39.0 Å². The van der Waals surface area contributed by atoms with Gasteiger partial charge in [0.25, 0.3) is 0 Å². The number of hydrogen-bond acceptors (Lipinski definition) is 3. The SMILES string of the molecule is Cc1ccc(N2B3c4c(cccc4-c4ccccc4N3c3ccc(C#N)cc3)-c3ccccc32)cc1. The number of para-hydroxylation sites is 2.